The minimum absolute atomic E-state index is 0.0785. The molecular weight excluding hydrogens is 564 g/mol. The Morgan fingerprint density at radius 3 is 2.30 bits per heavy atom. The molecule has 2 N–H and O–H groups in total. The molecule has 2 aliphatic rings. The molecule has 4 aromatic rings. The van der Waals surface area contributed by atoms with Gasteiger partial charge in [0, 0.05) is 54.0 Å². The van der Waals surface area contributed by atoms with Crippen LogP contribution in [0.1, 0.15) is 69.5 Å². The number of benzene rings is 1. The van der Waals surface area contributed by atoms with Gasteiger partial charge in [0.15, 0.2) is 5.13 Å². The van der Waals surface area contributed by atoms with E-state index in [9.17, 15) is 14.4 Å². The molecule has 1 aromatic carbocycles. The smallest absolute Gasteiger partial charge is 0.263 e. The van der Waals surface area contributed by atoms with Gasteiger partial charge in [0.25, 0.3) is 11.8 Å². The van der Waals surface area contributed by atoms with Gasteiger partial charge in [0.05, 0.1) is 17.3 Å². The van der Waals surface area contributed by atoms with Gasteiger partial charge in [0.1, 0.15) is 4.88 Å². The van der Waals surface area contributed by atoms with Crippen molar-refractivity contribution in [3.8, 4) is 23.0 Å². The molecule has 220 valence electrons. The number of amides is 3. The van der Waals surface area contributed by atoms with Crippen LogP contribution in [0.25, 0.3) is 11.3 Å². The van der Waals surface area contributed by atoms with Crippen LogP contribution in [0.5, 0.6) is 11.8 Å². The third kappa shape index (κ3) is 5.60. The highest BCUT2D eigenvalue weighted by atomic mass is 32.1. The summed E-state index contributed by atoms with van der Waals surface area (Å²) in [4.78, 5) is 54.4. The molecule has 11 heteroatoms. The largest absolute Gasteiger partial charge is 0.420 e. The van der Waals surface area contributed by atoms with Crippen LogP contribution < -0.4 is 15.4 Å². The fourth-order valence-electron chi connectivity index (χ4n) is 5.15. The van der Waals surface area contributed by atoms with E-state index in [0.717, 1.165) is 46.6 Å². The van der Waals surface area contributed by atoms with Crippen molar-refractivity contribution in [1.82, 2.24) is 25.2 Å². The molecule has 3 aromatic heterocycles. The number of aromatic nitrogens is 3. The highest BCUT2D eigenvalue weighted by Crippen LogP contribution is 2.51. The number of hydrogen-bond acceptors (Lipinski definition) is 8. The van der Waals surface area contributed by atoms with E-state index in [1.807, 2.05) is 57.2 Å². The first-order chi connectivity index (χ1) is 20.5. The Morgan fingerprint density at radius 1 is 0.953 bits per heavy atom. The van der Waals surface area contributed by atoms with Crippen molar-refractivity contribution in [3.05, 3.63) is 82.0 Å². The predicted molar refractivity (Wildman–Crippen MR) is 164 cm³/mol. The van der Waals surface area contributed by atoms with Crippen molar-refractivity contribution in [2.24, 2.45) is 5.41 Å². The van der Waals surface area contributed by atoms with Gasteiger partial charge in [-0.3, -0.25) is 14.4 Å². The summed E-state index contributed by atoms with van der Waals surface area (Å²) >= 11 is 1.15. The zero-order chi connectivity index (χ0) is 30.5. The molecule has 10 nitrogen and oxygen atoms in total. The SMILES string of the molecule is Cc1ccc2c(n1)Oc1nc(-c3ccc(C(=O)N(C)C)cc3)ccc1[C@@H]2C(C)(C)C(=O)Nc1ncc(C(=O)NC2CC2)s1. The van der Waals surface area contributed by atoms with Gasteiger partial charge in [-0.2, -0.15) is 0 Å². The zero-order valence-corrected chi connectivity index (χ0v) is 25.4. The van der Waals surface area contributed by atoms with E-state index in [1.165, 1.54) is 11.1 Å². The van der Waals surface area contributed by atoms with Crippen LogP contribution in [-0.2, 0) is 4.79 Å². The fourth-order valence-corrected chi connectivity index (χ4v) is 5.86. The van der Waals surface area contributed by atoms with E-state index in [2.05, 4.69) is 20.6 Å². The number of nitrogens with one attached hydrogen (secondary N) is 2. The van der Waals surface area contributed by atoms with Gasteiger partial charge in [-0.25, -0.2) is 15.0 Å². The minimum atomic E-state index is -0.982. The van der Waals surface area contributed by atoms with Crippen LogP contribution in [0.15, 0.2) is 54.7 Å². The first-order valence-electron chi connectivity index (χ1n) is 14.1. The van der Waals surface area contributed by atoms with E-state index in [-0.39, 0.29) is 23.8 Å². The van der Waals surface area contributed by atoms with Gasteiger partial charge in [-0.05, 0) is 44.0 Å². The standard InChI is InChI=1S/C32H32N6O4S/c1-17-6-13-21-25(32(2,3)30(41)37-31-33-16-24(43-31)26(39)35-20-11-12-20)22-14-15-23(36-28(22)42-27(21)34-17)18-7-9-19(10-8-18)29(40)38(4)5/h6-10,13-16,20,25H,11-12H2,1-5H3,(H,35,39)(H,33,37,41)/t25-/m1/s1. The summed E-state index contributed by atoms with van der Waals surface area (Å²) in [6, 6.07) is 15.2. The molecule has 1 saturated carbocycles. The lowest BCUT2D eigenvalue weighted by molar-refractivity contribution is -0.124. The number of nitrogens with zero attached hydrogens (tertiary/aromatic N) is 4. The number of carbonyl (C=O) groups excluding carboxylic acids is 3. The van der Waals surface area contributed by atoms with Crippen molar-refractivity contribution in [3.63, 3.8) is 0 Å². The van der Waals surface area contributed by atoms with Gasteiger partial charge in [-0.1, -0.05) is 49.4 Å². The Labute approximate surface area is 253 Å². The first-order valence-corrected chi connectivity index (χ1v) is 14.9. The Hall–Kier alpha value is -4.64. The number of pyridine rings is 2. The van der Waals surface area contributed by atoms with Crippen LogP contribution >= 0.6 is 11.3 Å². The van der Waals surface area contributed by atoms with Crippen LogP contribution in [0.2, 0.25) is 0 Å². The molecule has 0 bridgehead atoms. The van der Waals surface area contributed by atoms with Crippen molar-refractivity contribution in [2.75, 3.05) is 19.4 Å². The first kappa shape index (κ1) is 28.5. The summed E-state index contributed by atoms with van der Waals surface area (Å²) in [5, 5.41) is 6.24. The number of rotatable bonds is 7. The summed E-state index contributed by atoms with van der Waals surface area (Å²) in [6.07, 6.45) is 3.47. The highest BCUT2D eigenvalue weighted by molar-refractivity contribution is 7.17. The number of aryl methyl sites for hydroxylation is 1. The van der Waals surface area contributed by atoms with Crippen molar-refractivity contribution < 1.29 is 19.1 Å². The molecule has 43 heavy (non-hydrogen) atoms. The molecule has 0 radical (unpaired) electrons. The number of fused-ring (bicyclic) bond motifs is 2. The maximum atomic E-state index is 13.9. The highest BCUT2D eigenvalue weighted by Gasteiger charge is 2.45. The topological polar surface area (TPSA) is 126 Å². The third-order valence-corrected chi connectivity index (χ3v) is 8.65. The lowest BCUT2D eigenvalue weighted by Gasteiger charge is -2.37. The third-order valence-electron chi connectivity index (χ3n) is 7.74. The molecule has 0 saturated heterocycles. The van der Waals surface area contributed by atoms with Crippen LogP contribution in [0.4, 0.5) is 5.13 Å². The van der Waals surface area contributed by atoms with Crippen molar-refractivity contribution in [2.45, 2.75) is 45.6 Å². The molecule has 1 atom stereocenters. The lowest BCUT2D eigenvalue weighted by Crippen LogP contribution is -2.38. The molecule has 0 spiro atoms. The molecule has 6 rings (SSSR count). The minimum Gasteiger partial charge on any atom is -0.420 e. The predicted octanol–water partition coefficient (Wildman–Crippen LogP) is 5.41. The number of anilines is 1. The monoisotopic (exact) mass is 596 g/mol. The average Bonchev–Trinajstić information content (AvgIpc) is 3.68. The Morgan fingerprint density at radius 2 is 1.63 bits per heavy atom. The van der Waals surface area contributed by atoms with E-state index in [0.29, 0.717) is 33.0 Å². The van der Waals surface area contributed by atoms with Crippen LogP contribution in [0, 0.1) is 12.3 Å². The Bertz CT molecular complexity index is 1740. The van der Waals surface area contributed by atoms with Crippen molar-refractivity contribution in [1.29, 1.82) is 0 Å². The molecule has 1 aliphatic carbocycles. The van der Waals surface area contributed by atoms with Gasteiger partial charge >= 0.3 is 0 Å². The average molecular weight is 597 g/mol. The second-order valence-electron chi connectivity index (χ2n) is 11.7. The zero-order valence-electron chi connectivity index (χ0n) is 24.6. The quantitative estimate of drug-likeness (QED) is 0.292. The van der Waals surface area contributed by atoms with Gasteiger partial charge in [-0.15, -0.1) is 0 Å². The van der Waals surface area contributed by atoms with E-state index >= 15 is 0 Å². The number of thiazole rings is 1. The normalized spacial score (nSPS) is 15.5. The second kappa shape index (κ2) is 10.9. The molecular formula is C32H32N6O4S. The van der Waals surface area contributed by atoms with Crippen LogP contribution in [0.3, 0.4) is 0 Å². The molecule has 3 amide bonds. The molecule has 1 fully saturated rings. The maximum absolute atomic E-state index is 13.9. The number of hydrogen-bond donors (Lipinski definition) is 2. The van der Waals surface area contributed by atoms with E-state index in [1.54, 1.807) is 26.2 Å². The summed E-state index contributed by atoms with van der Waals surface area (Å²) < 4.78 is 6.23. The van der Waals surface area contributed by atoms with E-state index < -0.39 is 11.3 Å². The van der Waals surface area contributed by atoms with Crippen molar-refractivity contribution >= 4 is 34.2 Å². The molecule has 1 aliphatic heterocycles. The molecule has 0 unspecified atom stereocenters. The lowest BCUT2D eigenvalue weighted by atomic mass is 9.70. The fraction of sp³-hybridized carbons (Fsp3) is 0.312. The number of ether oxygens (including phenoxy) is 1. The van der Waals surface area contributed by atoms with Gasteiger partial charge in [0.2, 0.25) is 17.7 Å². The maximum Gasteiger partial charge on any atom is 0.263 e. The number of carbonyl (C=O) groups is 3. The summed E-state index contributed by atoms with van der Waals surface area (Å²) in [6.45, 7) is 5.62. The summed E-state index contributed by atoms with van der Waals surface area (Å²) in [7, 11) is 3.43. The van der Waals surface area contributed by atoms with Gasteiger partial charge < -0.3 is 20.3 Å². The van der Waals surface area contributed by atoms with Crippen LogP contribution in [-0.4, -0.2) is 57.7 Å². The summed E-state index contributed by atoms with van der Waals surface area (Å²) in [5.74, 6) is -0.164. The van der Waals surface area contributed by atoms with E-state index in [4.69, 9.17) is 9.72 Å². The molecule has 4 heterocycles. The Kier molecular flexibility index (Phi) is 7.21. The Balaban J connectivity index is 1.31. The summed E-state index contributed by atoms with van der Waals surface area (Å²) in [5.41, 5.74) is 3.40. The second-order valence-corrected chi connectivity index (χ2v) is 12.7.